The van der Waals surface area contributed by atoms with E-state index < -0.39 is 10.9 Å². The number of nitro groups is 1. The second-order valence-electron chi connectivity index (χ2n) is 3.25. The number of methoxy groups -OCH3 is 1. The second-order valence-corrected chi connectivity index (χ2v) is 3.81. The molecule has 7 heteroatoms. The van der Waals surface area contributed by atoms with Gasteiger partial charge in [-0.2, -0.15) is 0 Å². The van der Waals surface area contributed by atoms with E-state index in [2.05, 4.69) is 15.9 Å². The number of ether oxygens (including phenoxy) is 1. The van der Waals surface area contributed by atoms with E-state index in [1.165, 1.54) is 13.2 Å². The smallest absolute Gasteiger partial charge is 0.308 e. The molecule has 0 amide bonds. The molecule has 0 saturated heterocycles. The molecule has 0 aliphatic carbocycles. The monoisotopic (exact) mass is 303 g/mol. The maximum Gasteiger partial charge on any atom is 0.308 e. The number of hydrogen-bond acceptors (Lipinski definition) is 4. The standard InChI is InChI=1S/C10H10BrNO5/c1-17-7-2-6(5-11)8(4-10(13)14)9(3-7)12(15)16/h2-3H,4-5H2,1H3,(H,13,14). The average molecular weight is 304 g/mol. The number of nitrogens with zero attached hydrogens (tertiary/aromatic N) is 1. The summed E-state index contributed by atoms with van der Waals surface area (Å²) in [6.45, 7) is 0. The summed E-state index contributed by atoms with van der Waals surface area (Å²) in [5, 5.41) is 20.0. The van der Waals surface area contributed by atoms with Crippen molar-refractivity contribution in [1.29, 1.82) is 0 Å². The molecule has 0 saturated carbocycles. The minimum absolute atomic E-state index is 0.195. The van der Waals surface area contributed by atoms with E-state index in [4.69, 9.17) is 9.84 Å². The molecular formula is C10H10BrNO5. The number of benzene rings is 1. The molecule has 0 spiro atoms. The summed E-state index contributed by atoms with van der Waals surface area (Å²) in [6, 6.07) is 2.81. The van der Waals surface area contributed by atoms with Gasteiger partial charge in [0.2, 0.25) is 0 Å². The maximum absolute atomic E-state index is 10.9. The van der Waals surface area contributed by atoms with E-state index in [0.29, 0.717) is 16.6 Å². The first-order valence-corrected chi connectivity index (χ1v) is 5.73. The van der Waals surface area contributed by atoms with E-state index in [9.17, 15) is 14.9 Å². The first kappa shape index (κ1) is 13.4. The average Bonchev–Trinajstić information content (AvgIpc) is 2.28. The number of halogens is 1. The third-order valence-corrected chi connectivity index (χ3v) is 2.80. The van der Waals surface area contributed by atoms with Gasteiger partial charge in [-0.05, 0) is 11.6 Å². The van der Waals surface area contributed by atoms with Crippen molar-refractivity contribution in [2.24, 2.45) is 0 Å². The summed E-state index contributed by atoms with van der Waals surface area (Å²) >= 11 is 3.17. The van der Waals surface area contributed by atoms with Gasteiger partial charge in [0.05, 0.1) is 24.5 Å². The van der Waals surface area contributed by atoms with Gasteiger partial charge >= 0.3 is 5.97 Å². The van der Waals surface area contributed by atoms with Crippen LogP contribution < -0.4 is 4.74 Å². The topological polar surface area (TPSA) is 89.7 Å². The lowest BCUT2D eigenvalue weighted by atomic mass is 10.0. The molecule has 1 N–H and O–H groups in total. The Morgan fingerprint density at radius 2 is 2.24 bits per heavy atom. The molecule has 0 radical (unpaired) electrons. The Bertz CT molecular complexity index is 460. The molecule has 1 rings (SSSR count). The van der Waals surface area contributed by atoms with Gasteiger partial charge in [0.15, 0.2) is 0 Å². The van der Waals surface area contributed by atoms with Crippen LogP contribution in [0.1, 0.15) is 11.1 Å². The minimum Gasteiger partial charge on any atom is -0.496 e. The Morgan fingerprint density at radius 1 is 1.59 bits per heavy atom. The number of rotatable bonds is 5. The Morgan fingerprint density at radius 3 is 2.65 bits per heavy atom. The molecule has 0 aliphatic rings. The first-order chi connectivity index (χ1) is 7.99. The Labute approximate surface area is 105 Å². The molecule has 17 heavy (non-hydrogen) atoms. The van der Waals surface area contributed by atoms with Crippen LogP contribution >= 0.6 is 15.9 Å². The number of carboxylic acids is 1. The van der Waals surface area contributed by atoms with Crippen LogP contribution in [0.4, 0.5) is 5.69 Å². The van der Waals surface area contributed by atoms with E-state index >= 15 is 0 Å². The molecule has 0 heterocycles. The van der Waals surface area contributed by atoms with Gasteiger partial charge in [-0.3, -0.25) is 14.9 Å². The Hall–Kier alpha value is -1.63. The van der Waals surface area contributed by atoms with Crippen molar-refractivity contribution >= 4 is 27.6 Å². The maximum atomic E-state index is 10.9. The fourth-order valence-electron chi connectivity index (χ4n) is 1.44. The number of alkyl halides is 1. The van der Waals surface area contributed by atoms with E-state index in [1.54, 1.807) is 6.07 Å². The summed E-state index contributed by atoms with van der Waals surface area (Å²) in [5.74, 6) is -0.777. The molecule has 0 unspecified atom stereocenters. The van der Waals surface area contributed by atoms with Crippen molar-refractivity contribution in [2.75, 3.05) is 7.11 Å². The summed E-state index contributed by atoms with van der Waals surface area (Å²) in [4.78, 5) is 21.0. The highest BCUT2D eigenvalue weighted by molar-refractivity contribution is 9.08. The van der Waals surface area contributed by atoms with Gasteiger partial charge in [0.25, 0.3) is 5.69 Å². The largest absolute Gasteiger partial charge is 0.496 e. The zero-order valence-electron chi connectivity index (χ0n) is 8.97. The lowest BCUT2D eigenvalue weighted by Gasteiger charge is -2.08. The van der Waals surface area contributed by atoms with Crippen molar-refractivity contribution in [3.63, 3.8) is 0 Å². The highest BCUT2D eigenvalue weighted by Gasteiger charge is 2.21. The molecule has 0 bridgehead atoms. The van der Waals surface area contributed by atoms with Gasteiger partial charge in [-0.25, -0.2) is 0 Å². The fourth-order valence-corrected chi connectivity index (χ4v) is 1.94. The van der Waals surface area contributed by atoms with Crippen LogP contribution in [0.3, 0.4) is 0 Å². The van der Waals surface area contributed by atoms with Crippen LogP contribution in [-0.2, 0) is 16.5 Å². The molecule has 92 valence electrons. The number of nitro benzene ring substituents is 1. The molecule has 0 aliphatic heterocycles. The minimum atomic E-state index is -1.11. The predicted octanol–water partition coefficient (Wildman–Crippen LogP) is 2.13. The number of carboxylic acid groups (broad SMARTS) is 1. The van der Waals surface area contributed by atoms with Gasteiger partial charge in [0.1, 0.15) is 5.75 Å². The van der Waals surface area contributed by atoms with E-state index in [0.717, 1.165) is 0 Å². The molecule has 6 nitrogen and oxygen atoms in total. The quantitative estimate of drug-likeness (QED) is 0.511. The lowest BCUT2D eigenvalue weighted by molar-refractivity contribution is -0.385. The second kappa shape index (κ2) is 5.62. The third-order valence-electron chi connectivity index (χ3n) is 2.20. The molecule has 0 aromatic heterocycles. The van der Waals surface area contributed by atoms with Gasteiger partial charge in [-0.15, -0.1) is 0 Å². The molecule has 0 fully saturated rings. The van der Waals surface area contributed by atoms with Crippen LogP contribution in [0.2, 0.25) is 0 Å². The molecule has 1 aromatic rings. The zero-order chi connectivity index (χ0) is 13.0. The fraction of sp³-hybridized carbons (Fsp3) is 0.300. The van der Waals surface area contributed by atoms with Crippen molar-refractivity contribution in [2.45, 2.75) is 11.8 Å². The number of carbonyl (C=O) groups is 1. The van der Waals surface area contributed by atoms with Crippen LogP contribution in [0.25, 0.3) is 0 Å². The van der Waals surface area contributed by atoms with E-state index in [-0.39, 0.29) is 17.7 Å². The first-order valence-electron chi connectivity index (χ1n) is 4.61. The summed E-state index contributed by atoms with van der Waals surface area (Å²) < 4.78 is 4.93. The Kier molecular flexibility index (Phi) is 4.45. The Balaban J connectivity index is 3.40. The number of aliphatic carboxylic acids is 1. The lowest BCUT2D eigenvalue weighted by Crippen LogP contribution is -2.07. The SMILES string of the molecule is COc1cc(CBr)c(CC(=O)O)c([N+](=O)[O-])c1. The normalized spacial score (nSPS) is 10.0. The molecule has 0 atom stereocenters. The third kappa shape index (κ3) is 3.16. The van der Waals surface area contributed by atoms with Crippen LogP contribution in [-0.4, -0.2) is 23.1 Å². The van der Waals surface area contributed by atoms with Gasteiger partial charge < -0.3 is 9.84 Å². The van der Waals surface area contributed by atoms with Crippen molar-refractivity contribution < 1.29 is 19.6 Å². The van der Waals surface area contributed by atoms with E-state index in [1.807, 2.05) is 0 Å². The predicted molar refractivity (Wildman–Crippen MR) is 63.6 cm³/mol. The van der Waals surface area contributed by atoms with Crippen LogP contribution in [0.15, 0.2) is 12.1 Å². The van der Waals surface area contributed by atoms with Crippen LogP contribution in [0.5, 0.6) is 5.75 Å². The molecular weight excluding hydrogens is 294 g/mol. The van der Waals surface area contributed by atoms with Crippen molar-refractivity contribution in [3.05, 3.63) is 33.4 Å². The highest BCUT2D eigenvalue weighted by Crippen LogP contribution is 2.30. The van der Waals surface area contributed by atoms with Gasteiger partial charge in [0, 0.05) is 10.9 Å². The number of hydrogen-bond donors (Lipinski definition) is 1. The zero-order valence-corrected chi connectivity index (χ0v) is 10.6. The van der Waals surface area contributed by atoms with Crippen molar-refractivity contribution in [1.82, 2.24) is 0 Å². The summed E-state index contributed by atoms with van der Waals surface area (Å²) in [7, 11) is 1.40. The summed E-state index contributed by atoms with van der Waals surface area (Å²) in [6.07, 6.45) is -0.388. The highest BCUT2D eigenvalue weighted by atomic mass is 79.9. The van der Waals surface area contributed by atoms with Crippen LogP contribution in [0, 0.1) is 10.1 Å². The molecule has 1 aromatic carbocycles. The summed E-state index contributed by atoms with van der Waals surface area (Å²) in [5.41, 5.74) is 0.500. The van der Waals surface area contributed by atoms with Gasteiger partial charge in [-0.1, -0.05) is 15.9 Å². The van der Waals surface area contributed by atoms with Crippen molar-refractivity contribution in [3.8, 4) is 5.75 Å².